The summed E-state index contributed by atoms with van der Waals surface area (Å²) in [4.78, 5) is 52.3. The van der Waals surface area contributed by atoms with Crippen molar-refractivity contribution in [1.82, 2.24) is 4.90 Å². The molecule has 4 amide bonds. The van der Waals surface area contributed by atoms with Crippen molar-refractivity contribution in [3.63, 3.8) is 0 Å². The minimum atomic E-state index is -1.26. The molecule has 1 spiro atoms. The fourth-order valence-corrected chi connectivity index (χ4v) is 4.99. The largest absolute Gasteiger partial charge is 0.385 e. The van der Waals surface area contributed by atoms with E-state index in [0.29, 0.717) is 24.3 Å². The number of rotatable bonds is 6. The zero-order valence-electron chi connectivity index (χ0n) is 15.5. The number of hydrogen-bond donors (Lipinski definition) is 3. The molecule has 0 radical (unpaired) electrons. The van der Waals surface area contributed by atoms with Gasteiger partial charge in [-0.05, 0) is 12.5 Å². The standard InChI is InChI=1S/C19H22N4O5/c1-28-8-4-7-23-16(25)14-12(9-13(20)24)22-19(15(14)17(23)26)10-5-2-3-6-11(10)21-18(19)27/h2-3,5-6,12,14-15,22H,4,7-9H2,1H3,(H2,20,24)(H,21,27)/p+1/t12-,14+,15-,19-/m0/s1. The first-order valence-electron chi connectivity index (χ1n) is 9.31. The van der Waals surface area contributed by atoms with Gasteiger partial charge in [0.2, 0.25) is 23.3 Å². The van der Waals surface area contributed by atoms with E-state index in [1.165, 1.54) is 4.90 Å². The Kier molecular flexibility index (Phi) is 4.43. The Hall–Kier alpha value is -2.78. The van der Waals surface area contributed by atoms with Crippen LogP contribution in [0.2, 0.25) is 0 Å². The molecule has 148 valence electrons. The summed E-state index contributed by atoms with van der Waals surface area (Å²) in [5, 5.41) is 4.54. The number of anilines is 1. The van der Waals surface area contributed by atoms with Gasteiger partial charge < -0.3 is 21.1 Å². The number of hydrogen-bond acceptors (Lipinski definition) is 5. The van der Waals surface area contributed by atoms with E-state index in [-0.39, 0.29) is 30.7 Å². The third-order valence-electron chi connectivity index (χ3n) is 6.03. The summed E-state index contributed by atoms with van der Waals surface area (Å²) < 4.78 is 5.02. The van der Waals surface area contributed by atoms with Crippen molar-refractivity contribution in [3.8, 4) is 0 Å². The van der Waals surface area contributed by atoms with Gasteiger partial charge in [-0.25, -0.2) is 0 Å². The quantitative estimate of drug-likeness (QED) is 0.395. The van der Waals surface area contributed by atoms with Gasteiger partial charge in [0.25, 0.3) is 5.91 Å². The number of benzene rings is 1. The van der Waals surface area contributed by atoms with Crippen molar-refractivity contribution in [3.05, 3.63) is 29.8 Å². The van der Waals surface area contributed by atoms with E-state index in [1.807, 2.05) is 0 Å². The molecule has 3 aliphatic heterocycles. The highest BCUT2D eigenvalue weighted by Gasteiger charge is 2.74. The molecule has 9 heteroatoms. The number of fused-ring (bicyclic) bond motifs is 4. The van der Waals surface area contributed by atoms with Crippen LogP contribution in [0.3, 0.4) is 0 Å². The zero-order chi connectivity index (χ0) is 20.1. The molecular formula is C19H23N4O5+. The molecule has 2 saturated heterocycles. The van der Waals surface area contributed by atoms with E-state index in [2.05, 4.69) is 5.32 Å². The summed E-state index contributed by atoms with van der Waals surface area (Å²) in [6.45, 7) is 0.638. The zero-order valence-corrected chi connectivity index (χ0v) is 15.5. The average Bonchev–Trinajstić information content (AvgIpc) is 3.22. The van der Waals surface area contributed by atoms with Gasteiger partial charge in [0.15, 0.2) is 0 Å². The highest BCUT2D eigenvalue weighted by molar-refractivity contribution is 6.14. The topological polar surface area (TPSA) is 135 Å². The second kappa shape index (κ2) is 6.68. The smallest absolute Gasteiger partial charge is 0.291 e. The Bertz CT molecular complexity index is 872. The Morgan fingerprint density at radius 3 is 2.75 bits per heavy atom. The number of nitrogens with zero attached hydrogens (tertiary/aromatic N) is 1. The molecule has 5 N–H and O–H groups in total. The van der Waals surface area contributed by atoms with Gasteiger partial charge in [-0.1, -0.05) is 18.2 Å². The molecule has 28 heavy (non-hydrogen) atoms. The molecule has 0 aromatic heterocycles. The number of ether oxygens (including phenoxy) is 1. The second-order valence-corrected chi connectivity index (χ2v) is 7.55. The molecule has 2 fully saturated rings. The number of methoxy groups -OCH3 is 1. The van der Waals surface area contributed by atoms with Crippen LogP contribution < -0.4 is 16.4 Å². The monoisotopic (exact) mass is 387 g/mol. The number of nitrogens with one attached hydrogen (secondary N) is 1. The number of nitrogens with two attached hydrogens (primary N) is 2. The fraction of sp³-hybridized carbons (Fsp3) is 0.474. The van der Waals surface area contributed by atoms with E-state index in [0.717, 1.165) is 0 Å². The van der Waals surface area contributed by atoms with Crippen LogP contribution in [-0.4, -0.2) is 54.8 Å². The minimum Gasteiger partial charge on any atom is -0.385 e. The lowest BCUT2D eigenvalue weighted by molar-refractivity contribution is -0.732. The predicted molar refractivity (Wildman–Crippen MR) is 96.5 cm³/mol. The van der Waals surface area contributed by atoms with Crippen LogP contribution in [0, 0.1) is 11.8 Å². The Morgan fingerprint density at radius 2 is 2.04 bits per heavy atom. The lowest BCUT2D eigenvalue weighted by Gasteiger charge is -2.26. The minimum absolute atomic E-state index is 0.0801. The van der Waals surface area contributed by atoms with Crippen LogP contribution in [0.4, 0.5) is 5.69 Å². The number of amides is 4. The average molecular weight is 387 g/mol. The highest BCUT2D eigenvalue weighted by Crippen LogP contribution is 2.49. The second-order valence-electron chi connectivity index (χ2n) is 7.55. The summed E-state index contributed by atoms with van der Waals surface area (Å²) in [6.07, 6.45) is 0.427. The van der Waals surface area contributed by atoms with Crippen LogP contribution in [-0.2, 0) is 29.5 Å². The first-order chi connectivity index (χ1) is 13.4. The Labute approximate surface area is 161 Å². The van der Waals surface area contributed by atoms with Crippen LogP contribution in [0.5, 0.6) is 0 Å². The highest BCUT2D eigenvalue weighted by atomic mass is 16.5. The first-order valence-corrected chi connectivity index (χ1v) is 9.31. The van der Waals surface area contributed by atoms with Crippen LogP contribution >= 0.6 is 0 Å². The van der Waals surface area contributed by atoms with Crippen molar-refractivity contribution in [1.29, 1.82) is 0 Å². The van der Waals surface area contributed by atoms with E-state index >= 15 is 0 Å². The van der Waals surface area contributed by atoms with E-state index in [1.54, 1.807) is 36.7 Å². The van der Waals surface area contributed by atoms with Crippen LogP contribution in [0.1, 0.15) is 18.4 Å². The summed E-state index contributed by atoms with van der Waals surface area (Å²) in [5.41, 5.74) is 5.43. The molecular weight excluding hydrogens is 364 g/mol. The van der Waals surface area contributed by atoms with Crippen molar-refractivity contribution in [2.45, 2.75) is 24.4 Å². The van der Waals surface area contributed by atoms with Crippen molar-refractivity contribution in [2.24, 2.45) is 17.6 Å². The molecule has 9 nitrogen and oxygen atoms in total. The maximum atomic E-state index is 13.3. The molecule has 3 heterocycles. The van der Waals surface area contributed by atoms with Gasteiger partial charge in [0.1, 0.15) is 17.9 Å². The number of imide groups is 1. The summed E-state index contributed by atoms with van der Waals surface area (Å²) in [5.74, 6) is -3.25. The number of carbonyl (C=O) groups excluding carboxylic acids is 4. The predicted octanol–water partition coefficient (Wildman–Crippen LogP) is -1.71. The molecule has 4 rings (SSSR count). The van der Waals surface area contributed by atoms with Crippen molar-refractivity contribution in [2.75, 3.05) is 25.6 Å². The molecule has 1 aromatic rings. The van der Waals surface area contributed by atoms with Crippen LogP contribution in [0.15, 0.2) is 24.3 Å². The molecule has 0 unspecified atom stereocenters. The van der Waals surface area contributed by atoms with Crippen molar-refractivity contribution < 1.29 is 29.2 Å². The Morgan fingerprint density at radius 1 is 1.29 bits per heavy atom. The number of para-hydroxylation sites is 1. The summed E-state index contributed by atoms with van der Waals surface area (Å²) in [6, 6.07) is 6.58. The van der Waals surface area contributed by atoms with E-state index < -0.39 is 29.3 Å². The lowest BCUT2D eigenvalue weighted by Crippen LogP contribution is -2.99. The van der Waals surface area contributed by atoms with E-state index in [9.17, 15) is 19.2 Å². The number of primary amides is 1. The molecule has 4 atom stereocenters. The number of carbonyl (C=O) groups is 4. The molecule has 1 aromatic carbocycles. The van der Waals surface area contributed by atoms with Gasteiger partial charge in [-0.15, -0.1) is 0 Å². The fourth-order valence-electron chi connectivity index (χ4n) is 4.99. The SMILES string of the molecule is COCCCN1C(=O)[C@@H]2[C@H](CC(N)=O)[NH2+][C@]3(C(=O)Nc4ccccc43)[C@@H]2C1=O. The van der Waals surface area contributed by atoms with Crippen LogP contribution in [0.25, 0.3) is 0 Å². The van der Waals surface area contributed by atoms with Gasteiger partial charge in [-0.2, -0.15) is 0 Å². The third-order valence-corrected chi connectivity index (χ3v) is 6.03. The maximum Gasteiger partial charge on any atom is 0.291 e. The molecule has 0 saturated carbocycles. The Balaban J connectivity index is 1.78. The first kappa shape index (κ1) is 18.6. The summed E-state index contributed by atoms with van der Waals surface area (Å²) in [7, 11) is 1.55. The van der Waals surface area contributed by atoms with Gasteiger partial charge in [0.05, 0.1) is 12.1 Å². The lowest BCUT2D eigenvalue weighted by atomic mass is 9.76. The van der Waals surface area contributed by atoms with E-state index in [4.69, 9.17) is 10.5 Å². The normalized spacial score (nSPS) is 30.7. The molecule has 3 aliphatic rings. The number of likely N-dealkylation sites (tertiary alicyclic amines) is 1. The summed E-state index contributed by atoms with van der Waals surface area (Å²) >= 11 is 0. The number of quaternary nitrogens is 1. The maximum absolute atomic E-state index is 13.3. The van der Waals surface area contributed by atoms with Gasteiger partial charge in [0, 0.05) is 25.8 Å². The van der Waals surface area contributed by atoms with Crippen molar-refractivity contribution >= 4 is 29.3 Å². The molecule has 0 bridgehead atoms. The van der Waals surface area contributed by atoms with Gasteiger partial charge in [-0.3, -0.25) is 24.1 Å². The third kappa shape index (κ3) is 2.46. The van der Waals surface area contributed by atoms with Gasteiger partial charge >= 0.3 is 0 Å². The molecule has 0 aliphatic carbocycles.